The van der Waals surface area contributed by atoms with Gasteiger partial charge in [0.05, 0.1) is 20.3 Å². The molecule has 0 heterocycles. The van der Waals surface area contributed by atoms with Gasteiger partial charge in [0.15, 0.2) is 6.10 Å². The van der Waals surface area contributed by atoms with E-state index >= 15 is 0 Å². The minimum absolute atomic E-state index is 0.136. The highest BCUT2D eigenvalue weighted by molar-refractivity contribution is 5.81. The number of hydrogen-bond acceptors (Lipinski definition) is 4. The smallest absolute Gasteiger partial charge is 0.261 e. The molecule has 3 rings (SSSR count). The first-order chi connectivity index (χ1) is 14.0. The van der Waals surface area contributed by atoms with Gasteiger partial charge in [-0.1, -0.05) is 13.0 Å². The van der Waals surface area contributed by atoms with Gasteiger partial charge in [-0.05, 0) is 80.5 Å². The van der Waals surface area contributed by atoms with Gasteiger partial charge >= 0.3 is 0 Å². The van der Waals surface area contributed by atoms with Crippen molar-refractivity contribution in [2.24, 2.45) is 0 Å². The lowest BCUT2D eigenvalue weighted by molar-refractivity contribution is -0.128. The number of rotatable bonds is 8. The lowest BCUT2D eigenvalue weighted by Gasteiger charge is -2.23. The maximum Gasteiger partial charge on any atom is 0.261 e. The number of amides is 1. The van der Waals surface area contributed by atoms with Crippen molar-refractivity contribution in [2.75, 3.05) is 14.2 Å². The Kier molecular flexibility index (Phi) is 7.02. The van der Waals surface area contributed by atoms with Gasteiger partial charge < -0.3 is 19.5 Å². The molecule has 1 aliphatic rings. The van der Waals surface area contributed by atoms with Crippen molar-refractivity contribution < 1.29 is 19.0 Å². The number of carbonyl (C=O) groups is 1. The molecule has 29 heavy (non-hydrogen) atoms. The van der Waals surface area contributed by atoms with Crippen LogP contribution in [0.1, 0.15) is 55.8 Å². The molecule has 0 bridgehead atoms. The van der Waals surface area contributed by atoms with E-state index in [2.05, 4.69) is 17.4 Å². The molecule has 0 radical (unpaired) electrons. The fraction of sp³-hybridized carbons (Fsp3) is 0.458. The SMILES string of the molecule is CC[C@@H](Oc1ccc2c(c1)CCCC2)C(=O)N[C@H](C)c1cc(OC)ccc1OC. The summed E-state index contributed by atoms with van der Waals surface area (Å²) >= 11 is 0. The predicted octanol–water partition coefficient (Wildman–Crippen LogP) is 4.62. The Morgan fingerprint density at radius 3 is 2.41 bits per heavy atom. The Morgan fingerprint density at radius 1 is 1.00 bits per heavy atom. The first-order valence-electron chi connectivity index (χ1n) is 10.4. The summed E-state index contributed by atoms with van der Waals surface area (Å²) in [6, 6.07) is 11.5. The van der Waals surface area contributed by atoms with Crippen molar-refractivity contribution in [1.29, 1.82) is 0 Å². The Morgan fingerprint density at radius 2 is 1.72 bits per heavy atom. The normalized spacial score (nSPS) is 15.0. The van der Waals surface area contributed by atoms with Crippen LogP contribution in [0.2, 0.25) is 0 Å². The van der Waals surface area contributed by atoms with Gasteiger partial charge in [0.1, 0.15) is 17.2 Å². The summed E-state index contributed by atoms with van der Waals surface area (Å²) in [4.78, 5) is 12.9. The van der Waals surface area contributed by atoms with E-state index in [9.17, 15) is 4.79 Å². The van der Waals surface area contributed by atoms with Gasteiger partial charge in [0, 0.05) is 5.56 Å². The van der Waals surface area contributed by atoms with Crippen molar-refractivity contribution in [3.8, 4) is 17.2 Å². The summed E-state index contributed by atoms with van der Waals surface area (Å²) in [5, 5.41) is 3.06. The highest BCUT2D eigenvalue weighted by atomic mass is 16.5. The minimum atomic E-state index is -0.546. The third-order valence-corrected chi connectivity index (χ3v) is 5.52. The van der Waals surface area contributed by atoms with Crippen LogP contribution in [0.25, 0.3) is 0 Å². The van der Waals surface area contributed by atoms with E-state index in [1.54, 1.807) is 14.2 Å². The van der Waals surface area contributed by atoms with Crippen molar-refractivity contribution in [3.05, 3.63) is 53.1 Å². The van der Waals surface area contributed by atoms with E-state index in [-0.39, 0.29) is 11.9 Å². The lowest BCUT2D eigenvalue weighted by atomic mass is 9.92. The van der Waals surface area contributed by atoms with Crippen molar-refractivity contribution in [3.63, 3.8) is 0 Å². The molecule has 2 aromatic rings. The van der Waals surface area contributed by atoms with Crippen LogP contribution in [0.15, 0.2) is 36.4 Å². The number of carbonyl (C=O) groups excluding carboxylic acids is 1. The highest BCUT2D eigenvalue weighted by Gasteiger charge is 2.23. The zero-order valence-electron chi connectivity index (χ0n) is 17.8. The van der Waals surface area contributed by atoms with Gasteiger partial charge in [0.25, 0.3) is 5.91 Å². The molecule has 1 aliphatic carbocycles. The number of ether oxygens (including phenoxy) is 3. The van der Waals surface area contributed by atoms with Crippen LogP contribution in [0.3, 0.4) is 0 Å². The second-order valence-electron chi connectivity index (χ2n) is 7.49. The number of nitrogens with one attached hydrogen (secondary N) is 1. The lowest BCUT2D eigenvalue weighted by Crippen LogP contribution is -2.39. The maximum absolute atomic E-state index is 12.9. The summed E-state index contributed by atoms with van der Waals surface area (Å²) in [6.07, 6.45) is 4.73. The van der Waals surface area contributed by atoms with Gasteiger partial charge in [-0.15, -0.1) is 0 Å². The van der Waals surface area contributed by atoms with Gasteiger partial charge in [-0.3, -0.25) is 4.79 Å². The highest BCUT2D eigenvalue weighted by Crippen LogP contribution is 2.30. The maximum atomic E-state index is 12.9. The predicted molar refractivity (Wildman–Crippen MR) is 114 cm³/mol. The topological polar surface area (TPSA) is 56.8 Å². The molecule has 2 aromatic carbocycles. The van der Waals surface area contributed by atoms with Gasteiger partial charge in [-0.25, -0.2) is 0 Å². The van der Waals surface area contributed by atoms with Crippen LogP contribution >= 0.6 is 0 Å². The van der Waals surface area contributed by atoms with Crippen molar-refractivity contribution in [2.45, 2.75) is 58.1 Å². The van der Waals surface area contributed by atoms with Crippen LogP contribution in [-0.2, 0) is 17.6 Å². The first kappa shape index (κ1) is 21.0. The van der Waals surface area contributed by atoms with Crippen LogP contribution < -0.4 is 19.5 Å². The molecule has 5 nitrogen and oxygen atoms in total. The molecule has 0 aliphatic heterocycles. The molecule has 1 N–H and O–H groups in total. The molecule has 0 saturated heterocycles. The van der Waals surface area contributed by atoms with Crippen LogP contribution in [-0.4, -0.2) is 26.2 Å². The molecule has 0 spiro atoms. The molecular formula is C24H31NO4. The monoisotopic (exact) mass is 397 g/mol. The Bertz CT molecular complexity index is 849. The molecule has 1 amide bonds. The molecule has 156 valence electrons. The van der Waals surface area contributed by atoms with Crippen molar-refractivity contribution in [1.82, 2.24) is 5.32 Å². The van der Waals surface area contributed by atoms with E-state index in [0.717, 1.165) is 29.9 Å². The number of methoxy groups -OCH3 is 2. The summed E-state index contributed by atoms with van der Waals surface area (Å²) < 4.78 is 16.8. The molecule has 0 unspecified atom stereocenters. The Hall–Kier alpha value is -2.69. The third kappa shape index (κ3) is 5.03. The number of fused-ring (bicyclic) bond motifs is 1. The van der Waals surface area contributed by atoms with Crippen molar-refractivity contribution >= 4 is 5.91 Å². The second kappa shape index (κ2) is 9.68. The molecule has 2 atom stereocenters. The molecule has 5 heteroatoms. The molecule has 0 aromatic heterocycles. The van der Waals surface area contributed by atoms with Crippen LogP contribution in [0.4, 0.5) is 0 Å². The summed E-state index contributed by atoms with van der Waals surface area (Å²) in [7, 11) is 3.24. The quantitative estimate of drug-likeness (QED) is 0.706. The zero-order valence-corrected chi connectivity index (χ0v) is 17.8. The first-order valence-corrected chi connectivity index (χ1v) is 10.4. The standard InChI is InChI=1S/C24H31NO4/c1-5-22(29-20-11-10-17-8-6-7-9-18(17)14-20)24(26)25-16(2)21-15-19(27-3)12-13-23(21)28-4/h10-16,22H,5-9H2,1-4H3,(H,25,26)/t16-,22-/m1/s1. The Labute approximate surface area is 173 Å². The number of hydrogen-bond donors (Lipinski definition) is 1. The van der Waals surface area contributed by atoms with E-state index in [1.165, 1.54) is 24.0 Å². The molecular weight excluding hydrogens is 366 g/mol. The average Bonchev–Trinajstić information content (AvgIpc) is 2.76. The average molecular weight is 398 g/mol. The fourth-order valence-electron chi connectivity index (χ4n) is 3.83. The van der Waals surface area contributed by atoms with Gasteiger partial charge in [-0.2, -0.15) is 0 Å². The third-order valence-electron chi connectivity index (χ3n) is 5.52. The van der Waals surface area contributed by atoms with E-state index in [0.29, 0.717) is 12.2 Å². The Balaban J connectivity index is 1.70. The van der Waals surface area contributed by atoms with E-state index < -0.39 is 6.10 Å². The van der Waals surface area contributed by atoms with Crippen LogP contribution in [0.5, 0.6) is 17.2 Å². The zero-order chi connectivity index (χ0) is 20.8. The molecule has 0 saturated carbocycles. The van der Waals surface area contributed by atoms with Crippen LogP contribution in [0, 0.1) is 0 Å². The largest absolute Gasteiger partial charge is 0.497 e. The number of benzene rings is 2. The minimum Gasteiger partial charge on any atom is -0.497 e. The summed E-state index contributed by atoms with van der Waals surface area (Å²) in [5.41, 5.74) is 3.61. The summed E-state index contributed by atoms with van der Waals surface area (Å²) in [6.45, 7) is 3.89. The van der Waals surface area contributed by atoms with Gasteiger partial charge in [0.2, 0.25) is 0 Å². The van der Waals surface area contributed by atoms with E-state index in [1.807, 2.05) is 38.1 Å². The molecule has 0 fully saturated rings. The number of aryl methyl sites for hydroxylation is 2. The second-order valence-corrected chi connectivity index (χ2v) is 7.49. The van der Waals surface area contributed by atoms with E-state index in [4.69, 9.17) is 14.2 Å². The fourth-order valence-corrected chi connectivity index (χ4v) is 3.83. The summed E-state index contributed by atoms with van der Waals surface area (Å²) in [5.74, 6) is 2.06.